The molecule has 156 valence electrons. The lowest BCUT2D eigenvalue weighted by atomic mass is 10.2. The molecule has 2 N–H and O–H groups in total. The van der Waals surface area contributed by atoms with Crippen LogP contribution in [0.2, 0.25) is 0 Å². The molecule has 0 bridgehead atoms. The molecule has 0 amide bonds. The van der Waals surface area contributed by atoms with Crippen molar-refractivity contribution in [3.05, 3.63) is 48.2 Å². The first-order chi connectivity index (χ1) is 14.2. The summed E-state index contributed by atoms with van der Waals surface area (Å²) in [6.07, 6.45) is 2.70. The summed E-state index contributed by atoms with van der Waals surface area (Å²) in [5.41, 5.74) is 1.88. The van der Waals surface area contributed by atoms with Crippen LogP contribution < -0.4 is 15.0 Å². The van der Waals surface area contributed by atoms with Gasteiger partial charge in [0.25, 0.3) is 0 Å². The van der Waals surface area contributed by atoms with Crippen LogP contribution in [0.25, 0.3) is 0 Å². The van der Waals surface area contributed by atoms with Crippen molar-refractivity contribution in [2.45, 2.75) is 26.8 Å². The van der Waals surface area contributed by atoms with Gasteiger partial charge in [-0.3, -0.25) is 0 Å². The van der Waals surface area contributed by atoms with Crippen LogP contribution in [0.4, 0.5) is 5.69 Å². The van der Waals surface area contributed by atoms with Crippen LogP contribution in [0.5, 0.6) is 11.6 Å². The molecule has 1 aromatic heterocycles. The van der Waals surface area contributed by atoms with Gasteiger partial charge in [0.2, 0.25) is 5.88 Å². The largest absolute Gasteiger partial charge is 0.506 e. The molecule has 7 nitrogen and oxygen atoms in total. The second kappa shape index (κ2) is 10.5. The number of hydrogen-bond donors (Lipinski definition) is 2. The topological polar surface area (TPSA) is 73.2 Å². The van der Waals surface area contributed by atoms with Gasteiger partial charge in [0, 0.05) is 44.5 Å². The number of nitrogens with zero attached hydrogens (tertiary/aromatic N) is 4. The van der Waals surface area contributed by atoms with E-state index in [2.05, 4.69) is 33.9 Å². The van der Waals surface area contributed by atoms with Gasteiger partial charge in [0.15, 0.2) is 5.96 Å². The second-order valence-electron chi connectivity index (χ2n) is 6.95. The first kappa shape index (κ1) is 20.8. The molecule has 0 spiro atoms. The minimum absolute atomic E-state index is 0.331. The van der Waals surface area contributed by atoms with E-state index in [1.165, 1.54) is 0 Å². The maximum atomic E-state index is 10.1. The number of aromatic nitrogens is 1. The van der Waals surface area contributed by atoms with E-state index < -0.39 is 0 Å². The van der Waals surface area contributed by atoms with E-state index in [-0.39, 0.29) is 0 Å². The van der Waals surface area contributed by atoms with Crippen LogP contribution in [0.15, 0.2) is 47.6 Å². The predicted molar refractivity (Wildman–Crippen MR) is 117 cm³/mol. The van der Waals surface area contributed by atoms with Crippen LogP contribution >= 0.6 is 0 Å². The lowest BCUT2D eigenvalue weighted by Gasteiger charge is -2.37. The van der Waals surface area contributed by atoms with Crippen molar-refractivity contribution in [3.8, 4) is 11.6 Å². The molecule has 29 heavy (non-hydrogen) atoms. The van der Waals surface area contributed by atoms with E-state index >= 15 is 0 Å². The summed E-state index contributed by atoms with van der Waals surface area (Å²) in [7, 11) is 0. The average molecular weight is 398 g/mol. The Balaban J connectivity index is 1.65. The van der Waals surface area contributed by atoms with Crippen LogP contribution in [-0.4, -0.2) is 60.3 Å². The third-order valence-electron chi connectivity index (χ3n) is 4.83. The number of para-hydroxylation sites is 2. The molecular weight excluding hydrogens is 366 g/mol. The Morgan fingerprint density at radius 2 is 1.93 bits per heavy atom. The Hall–Kier alpha value is -2.96. The quantitative estimate of drug-likeness (QED) is 0.553. The fourth-order valence-corrected chi connectivity index (χ4v) is 3.35. The number of aromatic hydroxyl groups is 1. The number of hydrogen-bond acceptors (Lipinski definition) is 5. The molecule has 1 aliphatic rings. The summed E-state index contributed by atoms with van der Waals surface area (Å²) < 4.78 is 5.75. The monoisotopic (exact) mass is 397 g/mol. The molecule has 1 aromatic carbocycles. The number of piperazine rings is 1. The number of pyridine rings is 1. The summed E-state index contributed by atoms with van der Waals surface area (Å²) in [5, 5.41) is 13.5. The first-order valence-corrected chi connectivity index (χ1v) is 10.4. The van der Waals surface area contributed by atoms with Crippen molar-refractivity contribution in [1.82, 2.24) is 15.2 Å². The van der Waals surface area contributed by atoms with E-state index in [0.717, 1.165) is 56.4 Å². The third-order valence-corrected chi connectivity index (χ3v) is 4.83. The molecule has 1 fully saturated rings. The smallest absolute Gasteiger partial charge is 0.218 e. The lowest BCUT2D eigenvalue weighted by molar-refractivity contribution is 0.302. The van der Waals surface area contributed by atoms with Gasteiger partial charge in [-0.15, -0.1) is 0 Å². The van der Waals surface area contributed by atoms with Crippen molar-refractivity contribution >= 4 is 11.6 Å². The number of nitrogens with one attached hydrogen (secondary N) is 1. The Morgan fingerprint density at radius 3 is 2.66 bits per heavy atom. The highest BCUT2D eigenvalue weighted by atomic mass is 16.5. The Kier molecular flexibility index (Phi) is 7.55. The van der Waals surface area contributed by atoms with Gasteiger partial charge < -0.3 is 25.0 Å². The Bertz CT molecular complexity index is 803. The standard InChI is InChI=1S/C22H31N5O2/c1-3-16-29-21-18(8-7-11-24-21)17-25-22(23-4-2)27-14-12-26(13-15-27)19-9-5-6-10-20(19)28/h5-11,28H,3-4,12-17H2,1-2H3,(H,23,25). The number of phenolic OH excluding ortho intramolecular Hbond substituents is 1. The van der Waals surface area contributed by atoms with E-state index in [9.17, 15) is 5.11 Å². The van der Waals surface area contributed by atoms with Gasteiger partial charge in [0.05, 0.1) is 18.8 Å². The Labute approximate surface area is 173 Å². The maximum absolute atomic E-state index is 10.1. The van der Waals surface area contributed by atoms with E-state index in [1.807, 2.05) is 30.3 Å². The number of ether oxygens (including phenoxy) is 1. The zero-order chi connectivity index (χ0) is 20.5. The number of guanidine groups is 1. The molecule has 0 unspecified atom stereocenters. The van der Waals surface area contributed by atoms with Gasteiger partial charge in [-0.1, -0.05) is 25.1 Å². The van der Waals surface area contributed by atoms with E-state index in [1.54, 1.807) is 12.3 Å². The zero-order valence-corrected chi connectivity index (χ0v) is 17.3. The molecule has 0 saturated carbocycles. The summed E-state index contributed by atoms with van der Waals surface area (Å²) in [6, 6.07) is 11.4. The SMILES string of the molecule is CCCOc1ncccc1CN=C(NCC)N1CCN(c2ccccc2O)CC1. The van der Waals surface area contributed by atoms with Crippen LogP contribution in [-0.2, 0) is 6.54 Å². The van der Waals surface area contributed by atoms with Gasteiger partial charge in [-0.05, 0) is 31.5 Å². The molecule has 7 heteroatoms. The van der Waals surface area contributed by atoms with Crippen molar-refractivity contribution in [2.24, 2.45) is 4.99 Å². The summed E-state index contributed by atoms with van der Waals surface area (Å²) in [6.45, 7) is 9.49. The van der Waals surface area contributed by atoms with Gasteiger partial charge in [0.1, 0.15) is 5.75 Å². The van der Waals surface area contributed by atoms with Crippen molar-refractivity contribution in [1.29, 1.82) is 0 Å². The lowest BCUT2D eigenvalue weighted by Crippen LogP contribution is -2.52. The molecule has 1 aliphatic heterocycles. The highest BCUT2D eigenvalue weighted by Crippen LogP contribution is 2.27. The molecular formula is C22H31N5O2. The number of anilines is 1. The highest BCUT2D eigenvalue weighted by Gasteiger charge is 2.21. The van der Waals surface area contributed by atoms with Crippen LogP contribution in [0, 0.1) is 0 Å². The van der Waals surface area contributed by atoms with Crippen molar-refractivity contribution in [2.75, 3.05) is 44.2 Å². The molecule has 2 heterocycles. The maximum Gasteiger partial charge on any atom is 0.218 e. The average Bonchev–Trinajstić information content (AvgIpc) is 2.76. The molecule has 2 aromatic rings. The summed E-state index contributed by atoms with van der Waals surface area (Å²) in [4.78, 5) is 13.7. The second-order valence-corrected chi connectivity index (χ2v) is 6.95. The van der Waals surface area contributed by atoms with E-state index in [4.69, 9.17) is 9.73 Å². The van der Waals surface area contributed by atoms with Crippen LogP contribution in [0.3, 0.4) is 0 Å². The summed E-state index contributed by atoms with van der Waals surface area (Å²) in [5.74, 6) is 1.89. The molecule has 0 radical (unpaired) electrons. The molecule has 0 aliphatic carbocycles. The first-order valence-electron chi connectivity index (χ1n) is 10.4. The molecule has 1 saturated heterocycles. The van der Waals surface area contributed by atoms with Gasteiger partial charge >= 0.3 is 0 Å². The highest BCUT2D eigenvalue weighted by molar-refractivity contribution is 5.80. The summed E-state index contributed by atoms with van der Waals surface area (Å²) >= 11 is 0. The Morgan fingerprint density at radius 1 is 1.14 bits per heavy atom. The fraction of sp³-hybridized carbons (Fsp3) is 0.455. The van der Waals surface area contributed by atoms with Crippen LogP contribution in [0.1, 0.15) is 25.8 Å². The van der Waals surface area contributed by atoms with Crippen molar-refractivity contribution in [3.63, 3.8) is 0 Å². The van der Waals surface area contributed by atoms with Gasteiger partial charge in [-0.25, -0.2) is 9.98 Å². The normalized spacial score (nSPS) is 14.8. The number of benzene rings is 1. The van der Waals surface area contributed by atoms with Gasteiger partial charge in [-0.2, -0.15) is 0 Å². The van der Waals surface area contributed by atoms with Crippen molar-refractivity contribution < 1.29 is 9.84 Å². The zero-order valence-electron chi connectivity index (χ0n) is 17.3. The third kappa shape index (κ3) is 5.53. The number of rotatable bonds is 7. The minimum Gasteiger partial charge on any atom is -0.506 e. The molecule has 0 atom stereocenters. The minimum atomic E-state index is 0.331. The fourth-order valence-electron chi connectivity index (χ4n) is 3.35. The van der Waals surface area contributed by atoms with E-state index in [0.29, 0.717) is 24.8 Å². The number of phenols is 1. The molecule has 3 rings (SSSR count). The number of aliphatic imine (C=N–C) groups is 1. The predicted octanol–water partition coefficient (Wildman–Crippen LogP) is 2.86.